The molecule has 25 heavy (non-hydrogen) atoms. The first-order chi connectivity index (χ1) is 12.2. The maximum absolute atomic E-state index is 10.2. The summed E-state index contributed by atoms with van der Waals surface area (Å²) in [6.45, 7) is 0. The van der Waals surface area contributed by atoms with Gasteiger partial charge in [-0.2, -0.15) is 14.9 Å². The molecule has 0 fully saturated rings. The number of rotatable bonds is 3. The van der Waals surface area contributed by atoms with Crippen LogP contribution in [0.1, 0.15) is 5.56 Å². The Labute approximate surface area is 148 Å². The Morgan fingerprint density at radius 1 is 1.12 bits per heavy atom. The van der Waals surface area contributed by atoms with Crippen molar-refractivity contribution >= 4 is 29.2 Å². The van der Waals surface area contributed by atoms with Gasteiger partial charge in [-0.15, -0.1) is 0 Å². The van der Waals surface area contributed by atoms with Gasteiger partial charge >= 0.3 is 0 Å². The molecule has 0 unspecified atom stereocenters. The number of hydrogen-bond acceptors (Lipinski definition) is 5. The predicted molar refractivity (Wildman–Crippen MR) is 99.2 cm³/mol. The van der Waals surface area contributed by atoms with Crippen molar-refractivity contribution in [3.05, 3.63) is 71.3 Å². The second kappa shape index (κ2) is 6.29. The molecule has 0 saturated carbocycles. The van der Waals surface area contributed by atoms with Gasteiger partial charge in [0.25, 0.3) is 0 Å². The number of aromatic amines is 1. The Morgan fingerprint density at radius 3 is 2.84 bits per heavy atom. The van der Waals surface area contributed by atoms with Crippen LogP contribution in [0.15, 0.2) is 66.0 Å². The fraction of sp³-hybridized carbons (Fsp3) is 0. The lowest BCUT2D eigenvalue weighted by Gasteiger charge is -2.05. The summed E-state index contributed by atoms with van der Waals surface area (Å²) >= 11 is 5.27. The van der Waals surface area contributed by atoms with Crippen molar-refractivity contribution in [1.82, 2.24) is 19.9 Å². The van der Waals surface area contributed by atoms with Gasteiger partial charge in [-0.1, -0.05) is 30.3 Å². The van der Waals surface area contributed by atoms with Crippen LogP contribution in [0, 0.1) is 4.77 Å². The highest BCUT2D eigenvalue weighted by Crippen LogP contribution is 2.25. The van der Waals surface area contributed by atoms with Crippen molar-refractivity contribution in [3.8, 4) is 17.1 Å². The average molecular weight is 347 g/mol. The van der Waals surface area contributed by atoms with E-state index in [-0.39, 0.29) is 5.75 Å². The van der Waals surface area contributed by atoms with Crippen LogP contribution in [-0.2, 0) is 0 Å². The van der Waals surface area contributed by atoms with E-state index in [1.165, 1.54) is 4.68 Å². The lowest BCUT2D eigenvalue weighted by Crippen LogP contribution is -1.96. The lowest BCUT2D eigenvalue weighted by molar-refractivity contribution is 0.475. The number of H-pyrrole nitrogens is 1. The van der Waals surface area contributed by atoms with Crippen molar-refractivity contribution in [2.24, 2.45) is 5.10 Å². The summed E-state index contributed by atoms with van der Waals surface area (Å²) in [5.41, 5.74) is 1.41. The molecule has 2 aromatic heterocycles. The van der Waals surface area contributed by atoms with Gasteiger partial charge in [0.05, 0.1) is 6.21 Å². The molecule has 0 aliphatic rings. The average Bonchev–Trinajstić information content (AvgIpc) is 3.02. The van der Waals surface area contributed by atoms with Gasteiger partial charge in [0.1, 0.15) is 5.75 Å². The Bertz CT molecular complexity index is 1130. The Balaban J connectivity index is 1.84. The normalized spacial score (nSPS) is 11.4. The molecule has 0 saturated heterocycles. The number of nitrogens with zero attached hydrogens (tertiary/aromatic N) is 4. The number of hydrogen-bond donors (Lipinski definition) is 2. The molecule has 4 rings (SSSR count). The second-order valence-corrected chi connectivity index (χ2v) is 5.76. The summed E-state index contributed by atoms with van der Waals surface area (Å²) in [4.78, 5) is 4.09. The summed E-state index contributed by atoms with van der Waals surface area (Å²) in [5, 5.41) is 23.5. The minimum atomic E-state index is 0.153. The van der Waals surface area contributed by atoms with E-state index < -0.39 is 0 Å². The third-order valence-electron chi connectivity index (χ3n) is 3.82. The van der Waals surface area contributed by atoms with Gasteiger partial charge in [-0.3, -0.25) is 4.98 Å². The number of phenolic OH excluding ortho intramolecular Hbond substituents is 1. The van der Waals surface area contributed by atoms with Crippen molar-refractivity contribution in [2.45, 2.75) is 0 Å². The molecule has 0 spiro atoms. The third kappa shape index (κ3) is 2.81. The number of phenols is 1. The lowest BCUT2D eigenvalue weighted by atomic mass is 10.0. The molecule has 2 N–H and O–H groups in total. The van der Waals surface area contributed by atoms with Gasteiger partial charge in [0.2, 0.25) is 4.77 Å². The zero-order valence-corrected chi connectivity index (χ0v) is 13.8. The molecular weight excluding hydrogens is 334 g/mol. The van der Waals surface area contributed by atoms with Gasteiger partial charge in [0.15, 0.2) is 5.82 Å². The van der Waals surface area contributed by atoms with Crippen LogP contribution < -0.4 is 0 Å². The van der Waals surface area contributed by atoms with E-state index in [4.69, 9.17) is 12.2 Å². The van der Waals surface area contributed by atoms with E-state index in [2.05, 4.69) is 20.3 Å². The van der Waals surface area contributed by atoms with Gasteiger partial charge < -0.3 is 5.11 Å². The van der Waals surface area contributed by atoms with Crippen LogP contribution in [0.3, 0.4) is 0 Å². The summed E-state index contributed by atoms with van der Waals surface area (Å²) in [6.07, 6.45) is 4.96. The topological polar surface area (TPSA) is 79.1 Å². The Hall–Kier alpha value is -3.32. The van der Waals surface area contributed by atoms with E-state index in [9.17, 15) is 5.11 Å². The standard InChI is InChI=1S/C18H13N5OS/c24-16-8-7-12-4-1-2-6-14(12)15(16)11-20-23-17(21-22-18(23)25)13-5-3-9-19-10-13/h1-11,24H,(H,22,25). The molecule has 6 nitrogen and oxygen atoms in total. The molecule has 0 bridgehead atoms. The van der Waals surface area contributed by atoms with Crippen molar-refractivity contribution in [3.63, 3.8) is 0 Å². The number of aromatic hydroxyl groups is 1. The van der Waals surface area contributed by atoms with Crippen molar-refractivity contribution in [1.29, 1.82) is 0 Å². The Kier molecular flexibility index (Phi) is 3.83. The van der Waals surface area contributed by atoms with Crippen molar-refractivity contribution < 1.29 is 5.11 Å². The van der Waals surface area contributed by atoms with E-state index >= 15 is 0 Å². The minimum Gasteiger partial charge on any atom is -0.507 e. The van der Waals surface area contributed by atoms with Gasteiger partial charge in [0, 0.05) is 23.5 Å². The fourth-order valence-corrected chi connectivity index (χ4v) is 2.80. The molecule has 0 aliphatic carbocycles. The predicted octanol–water partition coefficient (Wildman–Crippen LogP) is 3.74. The van der Waals surface area contributed by atoms with Gasteiger partial charge in [-0.25, -0.2) is 5.10 Å². The molecule has 0 radical (unpaired) electrons. The first-order valence-electron chi connectivity index (χ1n) is 7.57. The van der Waals surface area contributed by atoms with E-state index in [1.54, 1.807) is 24.7 Å². The molecule has 0 atom stereocenters. The zero-order chi connectivity index (χ0) is 17.2. The van der Waals surface area contributed by atoms with E-state index in [1.807, 2.05) is 42.5 Å². The smallest absolute Gasteiger partial charge is 0.216 e. The summed E-state index contributed by atoms with van der Waals surface area (Å²) in [7, 11) is 0. The van der Waals surface area contributed by atoms with E-state index in [0.29, 0.717) is 16.2 Å². The minimum absolute atomic E-state index is 0.153. The van der Waals surface area contributed by atoms with Crippen LogP contribution in [0.2, 0.25) is 0 Å². The molecular formula is C18H13N5OS. The van der Waals surface area contributed by atoms with Crippen LogP contribution in [0.25, 0.3) is 22.2 Å². The largest absolute Gasteiger partial charge is 0.507 e. The maximum Gasteiger partial charge on any atom is 0.216 e. The molecule has 4 aromatic rings. The first kappa shape index (κ1) is 15.2. The molecule has 122 valence electrons. The number of pyridine rings is 1. The number of benzene rings is 2. The number of fused-ring (bicyclic) bond motifs is 1. The maximum atomic E-state index is 10.2. The SMILES string of the molecule is Oc1ccc2ccccc2c1C=Nn1c(-c2cccnc2)n[nH]c1=S. The third-order valence-corrected chi connectivity index (χ3v) is 4.08. The first-order valence-corrected chi connectivity index (χ1v) is 7.98. The Morgan fingerprint density at radius 2 is 2.00 bits per heavy atom. The summed E-state index contributed by atoms with van der Waals surface area (Å²) in [6, 6.07) is 15.0. The molecule has 7 heteroatoms. The molecule has 2 aromatic carbocycles. The quantitative estimate of drug-likeness (QED) is 0.437. The molecule has 0 amide bonds. The zero-order valence-electron chi connectivity index (χ0n) is 13.0. The fourth-order valence-electron chi connectivity index (χ4n) is 2.62. The summed E-state index contributed by atoms with van der Waals surface area (Å²) < 4.78 is 1.86. The number of nitrogens with one attached hydrogen (secondary N) is 1. The van der Waals surface area contributed by atoms with Crippen LogP contribution >= 0.6 is 12.2 Å². The van der Waals surface area contributed by atoms with Crippen LogP contribution in [-0.4, -0.2) is 31.2 Å². The highest BCUT2D eigenvalue weighted by Gasteiger charge is 2.09. The van der Waals surface area contributed by atoms with Crippen LogP contribution in [0.4, 0.5) is 0 Å². The van der Waals surface area contributed by atoms with Crippen molar-refractivity contribution in [2.75, 3.05) is 0 Å². The highest BCUT2D eigenvalue weighted by atomic mass is 32.1. The number of aromatic nitrogens is 4. The monoisotopic (exact) mass is 347 g/mol. The molecule has 0 aliphatic heterocycles. The van der Waals surface area contributed by atoms with E-state index in [0.717, 1.165) is 16.3 Å². The summed E-state index contributed by atoms with van der Waals surface area (Å²) in [5.74, 6) is 0.703. The molecule has 2 heterocycles. The van der Waals surface area contributed by atoms with Gasteiger partial charge in [-0.05, 0) is 41.2 Å². The van der Waals surface area contributed by atoms with Crippen LogP contribution in [0.5, 0.6) is 5.75 Å². The highest BCUT2D eigenvalue weighted by molar-refractivity contribution is 7.71. The second-order valence-electron chi connectivity index (χ2n) is 5.37.